The third-order valence-electron chi connectivity index (χ3n) is 1.90. The number of likely N-dealkylation sites (N-methyl/N-ethyl adjacent to an activating group) is 1. The van der Waals surface area contributed by atoms with E-state index in [-0.39, 0.29) is 6.61 Å². The van der Waals surface area contributed by atoms with Gasteiger partial charge in [-0.25, -0.2) is 4.39 Å². The average molecular weight is 159 g/mol. The van der Waals surface area contributed by atoms with Gasteiger partial charge in [-0.15, -0.1) is 0 Å². The van der Waals surface area contributed by atoms with Crippen LogP contribution in [-0.4, -0.2) is 50.9 Å². The second kappa shape index (κ2) is 3.52. The van der Waals surface area contributed by atoms with Crippen LogP contribution in [0.1, 0.15) is 0 Å². The Morgan fingerprint density at radius 1 is 1.73 bits per heavy atom. The lowest BCUT2D eigenvalue weighted by Gasteiger charge is -2.15. The summed E-state index contributed by atoms with van der Waals surface area (Å²) in [5.74, 6) is 0. The topological polar surface area (TPSA) is 41.5 Å². The summed E-state index contributed by atoms with van der Waals surface area (Å²) in [6.07, 6.45) is -1.76. The fraction of sp³-hybridized carbons (Fsp3) is 1.00. The molecule has 11 heavy (non-hydrogen) atoms. The highest BCUT2D eigenvalue weighted by molar-refractivity contribution is 6.11. The molecule has 1 rings (SSSR count). The number of aliphatic hydroxyl groups excluding tert-OH is 1. The van der Waals surface area contributed by atoms with Crippen LogP contribution in [0.3, 0.4) is 0 Å². The van der Waals surface area contributed by atoms with E-state index in [0.717, 1.165) is 0 Å². The number of ether oxygens (including phenoxy) is 1. The Morgan fingerprint density at radius 3 is 2.73 bits per heavy atom. The smallest absolute Gasteiger partial charge is 0.135 e. The van der Waals surface area contributed by atoms with E-state index in [1.807, 2.05) is 0 Å². The van der Waals surface area contributed by atoms with Crippen molar-refractivity contribution in [2.75, 3.05) is 13.7 Å². The normalized spacial score (nSPS) is 44.6. The van der Waals surface area contributed by atoms with Crippen LogP contribution >= 0.6 is 0 Å². The summed E-state index contributed by atoms with van der Waals surface area (Å²) in [5, 5.41) is 11.4. The maximum Gasteiger partial charge on any atom is 0.135 e. The summed E-state index contributed by atoms with van der Waals surface area (Å²) >= 11 is 0. The summed E-state index contributed by atoms with van der Waals surface area (Å²) in [7, 11) is 6.87. The van der Waals surface area contributed by atoms with Gasteiger partial charge in [-0.2, -0.15) is 0 Å². The van der Waals surface area contributed by atoms with Crippen molar-refractivity contribution >= 4 is 7.85 Å². The van der Waals surface area contributed by atoms with Crippen LogP contribution in [-0.2, 0) is 4.74 Å². The van der Waals surface area contributed by atoms with Crippen LogP contribution in [0.2, 0.25) is 0 Å². The molecular weight excluding hydrogens is 148 g/mol. The van der Waals surface area contributed by atoms with E-state index in [4.69, 9.17) is 17.7 Å². The van der Waals surface area contributed by atoms with Crippen molar-refractivity contribution in [1.82, 2.24) is 5.32 Å². The lowest BCUT2D eigenvalue weighted by atomic mass is 9.93. The van der Waals surface area contributed by atoms with Gasteiger partial charge in [0, 0.05) is 6.00 Å². The Bertz CT molecular complexity index is 138. The minimum atomic E-state index is -1.24. The van der Waals surface area contributed by atoms with E-state index < -0.39 is 24.3 Å². The fourth-order valence-electron chi connectivity index (χ4n) is 1.27. The minimum absolute atomic E-state index is 0.209. The number of nitrogens with one attached hydrogen (secondary N) is 1. The van der Waals surface area contributed by atoms with Gasteiger partial charge in [0.05, 0.1) is 18.8 Å². The molecule has 1 aliphatic heterocycles. The third-order valence-corrected chi connectivity index (χ3v) is 1.90. The van der Waals surface area contributed by atoms with Crippen molar-refractivity contribution < 1.29 is 14.2 Å². The van der Waals surface area contributed by atoms with Crippen molar-refractivity contribution in [2.24, 2.45) is 0 Å². The zero-order chi connectivity index (χ0) is 8.43. The molecule has 5 heteroatoms. The minimum Gasteiger partial charge on any atom is -0.394 e. The molecule has 4 atom stereocenters. The highest BCUT2D eigenvalue weighted by Gasteiger charge is 2.40. The predicted octanol–water partition coefficient (Wildman–Crippen LogP) is -1.20. The molecular formula is C6H11BFNO2. The predicted molar refractivity (Wildman–Crippen MR) is 39.2 cm³/mol. The van der Waals surface area contributed by atoms with Gasteiger partial charge in [0.1, 0.15) is 14.0 Å². The molecule has 0 bridgehead atoms. The molecule has 0 aromatic carbocycles. The van der Waals surface area contributed by atoms with E-state index >= 15 is 0 Å². The van der Waals surface area contributed by atoms with Gasteiger partial charge in [0.15, 0.2) is 0 Å². The van der Waals surface area contributed by atoms with Crippen molar-refractivity contribution in [2.45, 2.75) is 24.3 Å². The molecule has 62 valence electrons. The third kappa shape index (κ3) is 1.55. The van der Waals surface area contributed by atoms with Gasteiger partial charge in [-0.1, -0.05) is 0 Å². The molecule has 0 spiro atoms. The monoisotopic (exact) mass is 159 g/mol. The quantitative estimate of drug-likeness (QED) is 0.497. The van der Waals surface area contributed by atoms with Gasteiger partial charge < -0.3 is 15.2 Å². The lowest BCUT2D eigenvalue weighted by molar-refractivity contribution is 0.0318. The van der Waals surface area contributed by atoms with Crippen molar-refractivity contribution in [1.29, 1.82) is 0 Å². The van der Waals surface area contributed by atoms with Crippen LogP contribution in [0.15, 0.2) is 0 Å². The fourth-order valence-corrected chi connectivity index (χ4v) is 1.27. The van der Waals surface area contributed by atoms with E-state index in [1.54, 1.807) is 7.05 Å². The molecule has 1 fully saturated rings. The second-order valence-electron chi connectivity index (χ2n) is 2.58. The van der Waals surface area contributed by atoms with E-state index in [2.05, 4.69) is 5.32 Å². The molecule has 2 radical (unpaired) electrons. The number of aliphatic hydroxyl groups is 1. The Kier molecular flexibility index (Phi) is 2.87. The SMILES string of the molecule is [B][C@@H]1O[C@H](CO)[C@H](NC)C1F. The molecule has 1 aliphatic rings. The number of halogens is 1. The van der Waals surface area contributed by atoms with Crippen molar-refractivity contribution in [3.05, 3.63) is 0 Å². The standard InChI is InChI=1S/C6H11BFNO2/c1-9-5-3(2-10)11-6(7)4(5)8/h3-6,9-10H,2H2,1H3/t3-,4?,5+,6-/m1/s1. The average Bonchev–Trinajstić information content (AvgIpc) is 2.28. The van der Waals surface area contributed by atoms with E-state index in [1.165, 1.54) is 0 Å². The first-order chi connectivity index (χ1) is 5.20. The number of hydrogen-bond donors (Lipinski definition) is 2. The number of hydrogen-bond acceptors (Lipinski definition) is 3. The molecule has 0 aliphatic carbocycles. The first-order valence-corrected chi connectivity index (χ1v) is 3.54. The summed E-state index contributed by atoms with van der Waals surface area (Å²) in [6.45, 7) is -0.209. The van der Waals surface area contributed by atoms with E-state index in [9.17, 15) is 4.39 Å². The zero-order valence-corrected chi connectivity index (χ0v) is 6.33. The first-order valence-electron chi connectivity index (χ1n) is 3.54. The number of rotatable bonds is 2. The van der Waals surface area contributed by atoms with Crippen molar-refractivity contribution in [3.63, 3.8) is 0 Å². The first kappa shape index (κ1) is 8.97. The summed E-state index contributed by atoms with van der Waals surface area (Å²) in [4.78, 5) is 0. The molecule has 2 N–H and O–H groups in total. The highest BCUT2D eigenvalue weighted by Crippen LogP contribution is 2.21. The molecule has 1 saturated heterocycles. The second-order valence-corrected chi connectivity index (χ2v) is 2.58. The Hall–Kier alpha value is -0.125. The molecule has 0 aromatic heterocycles. The molecule has 3 nitrogen and oxygen atoms in total. The molecule has 1 heterocycles. The summed E-state index contributed by atoms with van der Waals surface area (Å²) in [6, 6.07) is -1.40. The summed E-state index contributed by atoms with van der Waals surface area (Å²) < 4.78 is 17.9. The highest BCUT2D eigenvalue weighted by atomic mass is 19.1. The summed E-state index contributed by atoms with van der Waals surface area (Å²) in [5.41, 5.74) is 0. The number of alkyl halides is 1. The van der Waals surface area contributed by atoms with Crippen LogP contribution in [0, 0.1) is 0 Å². The van der Waals surface area contributed by atoms with Gasteiger partial charge in [0.25, 0.3) is 0 Å². The van der Waals surface area contributed by atoms with Crippen LogP contribution in [0.25, 0.3) is 0 Å². The van der Waals surface area contributed by atoms with Gasteiger partial charge in [-0.3, -0.25) is 0 Å². The largest absolute Gasteiger partial charge is 0.394 e. The molecule has 0 saturated carbocycles. The van der Waals surface area contributed by atoms with Crippen molar-refractivity contribution in [3.8, 4) is 0 Å². The van der Waals surface area contributed by atoms with E-state index in [0.29, 0.717) is 0 Å². The molecule has 1 unspecified atom stereocenters. The maximum atomic E-state index is 13.0. The Labute approximate surface area is 66.3 Å². The van der Waals surface area contributed by atoms with Gasteiger partial charge >= 0.3 is 0 Å². The van der Waals surface area contributed by atoms with Crippen LogP contribution < -0.4 is 5.32 Å². The Balaban J connectivity index is 2.57. The van der Waals surface area contributed by atoms with Gasteiger partial charge in [0.2, 0.25) is 0 Å². The van der Waals surface area contributed by atoms with Crippen LogP contribution in [0.4, 0.5) is 4.39 Å². The zero-order valence-electron chi connectivity index (χ0n) is 6.33. The molecule has 0 amide bonds. The molecule has 0 aromatic rings. The van der Waals surface area contributed by atoms with Gasteiger partial charge in [-0.05, 0) is 7.05 Å². The van der Waals surface area contributed by atoms with Crippen LogP contribution in [0.5, 0.6) is 0 Å². The lowest BCUT2D eigenvalue weighted by Crippen LogP contribution is -2.42. The Morgan fingerprint density at radius 2 is 2.36 bits per heavy atom. The maximum absolute atomic E-state index is 13.0.